The maximum atomic E-state index is 12.0. The number of Topliss-reactive ketones (excluding diaryl/α,β-unsaturated/α-hetero) is 1. The summed E-state index contributed by atoms with van der Waals surface area (Å²) in [4.78, 5) is 22.1. The second-order valence-electron chi connectivity index (χ2n) is 5.35. The fourth-order valence-electron chi connectivity index (χ4n) is 2.75. The van der Waals surface area contributed by atoms with Crippen LogP contribution in [-0.2, 0) is 11.2 Å². The zero-order chi connectivity index (χ0) is 13.7. The first-order valence-electron chi connectivity index (χ1n) is 6.90. The molecule has 0 bridgehead atoms. The molecular weight excluding hydrogens is 242 g/mol. The van der Waals surface area contributed by atoms with Crippen LogP contribution >= 0.6 is 0 Å². The highest BCUT2D eigenvalue weighted by Gasteiger charge is 2.17. The Morgan fingerprint density at radius 2 is 1.79 bits per heavy atom. The monoisotopic (exact) mass is 261 g/mol. The Hall–Kier alpha value is -1.71. The third-order valence-corrected chi connectivity index (χ3v) is 3.79. The SMILES string of the molecule is O=C(Cc1ccc([N+](=O)[O-])cc1)CC1CCCCC1. The zero-order valence-electron chi connectivity index (χ0n) is 11.0. The van der Waals surface area contributed by atoms with Crippen LogP contribution in [0.3, 0.4) is 0 Å². The summed E-state index contributed by atoms with van der Waals surface area (Å²) in [6.07, 6.45) is 7.20. The van der Waals surface area contributed by atoms with Crippen LogP contribution in [0.4, 0.5) is 5.69 Å². The highest BCUT2D eigenvalue weighted by molar-refractivity contribution is 5.81. The Labute approximate surface area is 113 Å². The van der Waals surface area contributed by atoms with E-state index >= 15 is 0 Å². The van der Waals surface area contributed by atoms with Crippen LogP contribution in [0.25, 0.3) is 0 Å². The first-order chi connectivity index (χ1) is 9.15. The summed E-state index contributed by atoms with van der Waals surface area (Å²) < 4.78 is 0. The third kappa shape index (κ3) is 4.16. The third-order valence-electron chi connectivity index (χ3n) is 3.79. The number of nitrogens with zero attached hydrogens (tertiary/aromatic N) is 1. The van der Waals surface area contributed by atoms with E-state index in [4.69, 9.17) is 0 Å². The number of nitro benzene ring substituents is 1. The van der Waals surface area contributed by atoms with Crippen LogP contribution in [0.1, 0.15) is 44.1 Å². The minimum Gasteiger partial charge on any atom is -0.299 e. The van der Waals surface area contributed by atoms with E-state index in [0.717, 1.165) is 5.56 Å². The van der Waals surface area contributed by atoms with Gasteiger partial charge in [0.05, 0.1) is 4.92 Å². The number of non-ortho nitro benzene ring substituents is 1. The Bertz CT molecular complexity index is 447. The van der Waals surface area contributed by atoms with Crippen LogP contribution in [0.5, 0.6) is 0 Å². The number of nitro groups is 1. The molecule has 0 spiro atoms. The molecule has 0 aliphatic heterocycles. The van der Waals surface area contributed by atoms with Crippen molar-refractivity contribution in [3.8, 4) is 0 Å². The summed E-state index contributed by atoms with van der Waals surface area (Å²) >= 11 is 0. The fraction of sp³-hybridized carbons (Fsp3) is 0.533. The summed E-state index contributed by atoms with van der Waals surface area (Å²) in [5, 5.41) is 10.5. The topological polar surface area (TPSA) is 60.2 Å². The molecule has 1 aromatic carbocycles. The molecule has 0 aromatic heterocycles. The summed E-state index contributed by atoms with van der Waals surface area (Å²) in [5.74, 6) is 0.806. The van der Waals surface area contributed by atoms with Gasteiger partial charge < -0.3 is 0 Å². The van der Waals surface area contributed by atoms with Gasteiger partial charge in [0, 0.05) is 25.0 Å². The lowest BCUT2D eigenvalue weighted by atomic mass is 9.85. The number of hydrogen-bond donors (Lipinski definition) is 0. The van der Waals surface area contributed by atoms with E-state index < -0.39 is 4.92 Å². The van der Waals surface area contributed by atoms with E-state index in [2.05, 4.69) is 0 Å². The van der Waals surface area contributed by atoms with Crippen LogP contribution in [-0.4, -0.2) is 10.7 Å². The van der Waals surface area contributed by atoms with Gasteiger partial charge in [-0.25, -0.2) is 0 Å². The Morgan fingerprint density at radius 1 is 1.16 bits per heavy atom. The van der Waals surface area contributed by atoms with Crippen LogP contribution in [0, 0.1) is 16.0 Å². The van der Waals surface area contributed by atoms with E-state index in [1.165, 1.54) is 44.2 Å². The van der Waals surface area contributed by atoms with Crippen LogP contribution < -0.4 is 0 Å². The average molecular weight is 261 g/mol. The van der Waals surface area contributed by atoms with Gasteiger partial charge in [0.25, 0.3) is 5.69 Å². The normalized spacial score (nSPS) is 16.2. The van der Waals surface area contributed by atoms with Crippen LogP contribution in [0.2, 0.25) is 0 Å². The zero-order valence-corrected chi connectivity index (χ0v) is 11.0. The van der Waals surface area contributed by atoms with Crippen molar-refractivity contribution in [3.63, 3.8) is 0 Å². The lowest BCUT2D eigenvalue weighted by Crippen LogP contribution is -2.13. The van der Waals surface area contributed by atoms with Crippen molar-refractivity contribution in [1.29, 1.82) is 0 Å². The van der Waals surface area contributed by atoms with Gasteiger partial charge in [0.1, 0.15) is 5.78 Å². The smallest absolute Gasteiger partial charge is 0.269 e. The van der Waals surface area contributed by atoms with Crippen molar-refractivity contribution < 1.29 is 9.72 Å². The molecule has 4 heteroatoms. The lowest BCUT2D eigenvalue weighted by Gasteiger charge is -2.20. The molecule has 1 aliphatic rings. The first kappa shape index (κ1) is 13.7. The van der Waals surface area contributed by atoms with Gasteiger partial charge >= 0.3 is 0 Å². The Kier molecular flexibility index (Phi) is 4.66. The fourth-order valence-corrected chi connectivity index (χ4v) is 2.75. The maximum Gasteiger partial charge on any atom is 0.269 e. The van der Waals surface area contributed by atoms with E-state index in [1.807, 2.05) is 0 Å². The molecule has 0 N–H and O–H groups in total. The number of carbonyl (C=O) groups excluding carboxylic acids is 1. The highest BCUT2D eigenvalue weighted by atomic mass is 16.6. The predicted octanol–water partition coefficient (Wildman–Crippen LogP) is 3.68. The number of carbonyl (C=O) groups is 1. The number of hydrogen-bond acceptors (Lipinski definition) is 3. The molecule has 0 unspecified atom stereocenters. The second kappa shape index (κ2) is 6.45. The molecule has 0 atom stereocenters. The highest BCUT2D eigenvalue weighted by Crippen LogP contribution is 2.26. The summed E-state index contributed by atoms with van der Waals surface area (Å²) in [6.45, 7) is 0. The average Bonchev–Trinajstić information content (AvgIpc) is 2.40. The molecular formula is C15H19NO3. The van der Waals surface area contributed by atoms with Gasteiger partial charge in [0.2, 0.25) is 0 Å². The summed E-state index contributed by atoms with van der Waals surface area (Å²) in [6, 6.07) is 6.28. The quantitative estimate of drug-likeness (QED) is 0.600. The van der Waals surface area contributed by atoms with Crippen LogP contribution in [0.15, 0.2) is 24.3 Å². The lowest BCUT2D eigenvalue weighted by molar-refractivity contribution is -0.384. The molecule has 0 amide bonds. The molecule has 1 saturated carbocycles. The molecule has 1 aliphatic carbocycles. The van der Waals surface area contributed by atoms with Gasteiger partial charge in [-0.2, -0.15) is 0 Å². The molecule has 2 rings (SSSR count). The molecule has 0 heterocycles. The van der Waals surface area contributed by atoms with Crippen molar-refractivity contribution in [1.82, 2.24) is 0 Å². The second-order valence-corrected chi connectivity index (χ2v) is 5.35. The largest absolute Gasteiger partial charge is 0.299 e. The molecule has 19 heavy (non-hydrogen) atoms. The minimum atomic E-state index is -0.423. The molecule has 102 valence electrons. The predicted molar refractivity (Wildman–Crippen MR) is 73.0 cm³/mol. The number of rotatable bonds is 5. The minimum absolute atomic E-state index is 0.0727. The van der Waals surface area contributed by atoms with Crippen molar-refractivity contribution >= 4 is 11.5 Å². The number of benzene rings is 1. The molecule has 0 radical (unpaired) electrons. The Morgan fingerprint density at radius 3 is 2.37 bits per heavy atom. The van der Waals surface area contributed by atoms with Gasteiger partial charge in [-0.05, 0) is 11.5 Å². The van der Waals surface area contributed by atoms with E-state index in [1.54, 1.807) is 12.1 Å². The van der Waals surface area contributed by atoms with E-state index in [-0.39, 0.29) is 11.5 Å². The first-order valence-corrected chi connectivity index (χ1v) is 6.90. The molecule has 0 saturated heterocycles. The van der Waals surface area contributed by atoms with Crippen molar-refractivity contribution in [2.75, 3.05) is 0 Å². The molecule has 1 fully saturated rings. The molecule has 1 aromatic rings. The van der Waals surface area contributed by atoms with E-state index in [9.17, 15) is 14.9 Å². The van der Waals surface area contributed by atoms with E-state index in [0.29, 0.717) is 18.8 Å². The standard InChI is InChI=1S/C15H19NO3/c17-15(10-12-4-2-1-3-5-12)11-13-6-8-14(9-7-13)16(18)19/h6-9,12H,1-5,10-11H2. The van der Waals surface area contributed by atoms with Crippen molar-refractivity contribution in [3.05, 3.63) is 39.9 Å². The Balaban J connectivity index is 1.85. The number of ketones is 1. The molecule has 4 nitrogen and oxygen atoms in total. The van der Waals surface area contributed by atoms with Gasteiger partial charge in [-0.1, -0.05) is 44.2 Å². The summed E-state index contributed by atoms with van der Waals surface area (Å²) in [7, 11) is 0. The van der Waals surface area contributed by atoms with Gasteiger partial charge in [-0.15, -0.1) is 0 Å². The van der Waals surface area contributed by atoms with Gasteiger partial charge in [0.15, 0.2) is 0 Å². The van der Waals surface area contributed by atoms with Crippen molar-refractivity contribution in [2.24, 2.45) is 5.92 Å². The summed E-state index contributed by atoms with van der Waals surface area (Å²) in [5.41, 5.74) is 0.940. The van der Waals surface area contributed by atoms with Crippen molar-refractivity contribution in [2.45, 2.75) is 44.9 Å². The maximum absolute atomic E-state index is 12.0. The van der Waals surface area contributed by atoms with Gasteiger partial charge in [-0.3, -0.25) is 14.9 Å².